The maximum absolute atomic E-state index is 6.28. The van der Waals surface area contributed by atoms with E-state index in [2.05, 4.69) is 15.0 Å². The van der Waals surface area contributed by atoms with Gasteiger partial charge in [0.05, 0.1) is 22.3 Å². The first-order chi connectivity index (χ1) is 8.25. The predicted molar refractivity (Wildman–Crippen MR) is 69.1 cm³/mol. The lowest BCUT2D eigenvalue weighted by Gasteiger charge is -2.02. The summed E-state index contributed by atoms with van der Waals surface area (Å²) in [5, 5.41) is 0.736. The number of imidazole rings is 1. The summed E-state index contributed by atoms with van der Waals surface area (Å²) in [6, 6.07) is 7.79. The third-order valence-electron chi connectivity index (χ3n) is 2.73. The normalized spacial score (nSPS) is 10.9. The van der Waals surface area contributed by atoms with Crippen molar-refractivity contribution in [2.45, 2.75) is 6.92 Å². The Balaban J connectivity index is 2.24. The molecule has 2 heterocycles. The molecule has 0 unspecified atom stereocenters. The van der Waals surface area contributed by atoms with Crippen LogP contribution in [0, 0.1) is 6.92 Å². The van der Waals surface area contributed by atoms with E-state index in [0.29, 0.717) is 0 Å². The van der Waals surface area contributed by atoms with Crippen LogP contribution in [0.4, 0.5) is 0 Å². The number of rotatable bonds is 1. The van der Waals surface area contributed by atoms with Gasteiger partial charge in [0.25, 0.3) is 0 Å². The third kappa shape index (κ3) is 1.68. The van der Waals surface area contributed by atoms with Gasteiger partial charge >= 0.3 is 0 Å². The zero-order chi connectivity index (χ0) is 11.8. The van der Waals surface area contributed by atoms with Crippen LogP contribution >= 0.6 is 11.6 Å². The summed E-state index contributed by atoms with van der Waals surface area (Å²) < 4.78 is 0. The fourth-order valence-electron chi connectivity index (χ4n) is 1.81. The molecular weight excluding hydrogens is 234 g/mol. The van der Waals surface area contributed by atoms with Crippen LogP contribution in [0.3, 0.4) is 0 Å². The summed E-state index contributed by atoms with van der Waals surface area (Å²) in [5.41, 5.74) is 3.78. The maximum atomic E-state index is 6.28. The number of aromatic nitrogens is 3. The Morgan fingerprint density at radius 1 is 1.24 bits per heavy atom. The van der Waals surface area contributed by atoms with Crippen molar-refractivity contribution in [2.75, 3.05) is 0 Å². The molecule has 1 aromatic carbocycles. The van der Waals surface area contributed by atoms with Crippen LogP contribution in [0.5, 0.6) is 0 Å². The molecule has 0 radical (unpaired) electrons. The molecule has 17 heavy (non-hydrogen) atoms. The molecule has 0 saturated heterocycles. The fraction of sp³-hybridized carbons (Fsp3) is 0.0769. The Morgan fingerprint density at radius 3 is 2.94 bits per heavy atom. The van der Waals surface area contributed by atoms with Crippen LogP contribution < -0.4 is 0 Å². The van der Waals surface area contributed by atoms with Gasteiger partial charge in [0.2, 0.25) is 0 Å². The zero-order valence-electron chi connectivity index (χ0n) is 9.24. The van der Waals surface area contributed by atoms with Crippen LogP contribution in [0.25, 0.3) is 22.4 Å². The van der Waals surface area contributed by atoms with Crippen molar-refractivity contribution in [3.63, 3.8) is 0 Å². The SMILES string of the molecule is Cc1cccc(-c2nc3ccncc3[nH]2)c1Cl. The first kappa shape index (κ1) is 10.3. The molecule has 3 rings (SSSR count). The lowest BCUT2D eigenvalue weighted by Crippen LogP contribution is -1.84. The maximum Gasteiger partial charge on any atom is 0.140 e. The van der Waals surface area contributed by atoms with E-state index in [1.165, 1.54) is 0 Å². The Kier molecular flexibility index (Phi) is 2.34. The van der Waals surface area contributed by atoms with Crippen LogP contribution in [0.2, 0.25) is 5.02 Å². The van der Waals surface area contributed by atoms with E-state index >= 15 is 0 Å². The smallest absolute Gasteiger partial charge is 0.140 e. The molecule has 0 fully saturated rings. The average Bonchev–Trinajstić information content (AvgIpc) is 2.76. The van der Waals surface area contributed by atoms with Gasteiger partial charge in [0.1, 0.15) is 5.82 Å². The van der Waals surface area contributed by atoms with Gasteiger partial charge in [-0.1, -0.05) is 23.7 Å². The largest absolute Gasteiger partial charge is 0.337 e. The van der Waals surface area contributed by atoms with Crippen molar-refractivity contribution in [1.82, 2.24) is 15.0 Å². The minimum absolute atomic E-state index is 0.736. The second-order valence-corrected chi connectivity index (χ2v) is 4.29. The number of hydrogen-bond donors (Lipinski definition) is 1. The second kappa shape index (κ2) is 3.86. The Hall–Kier alpha value is -1.87. The zero-order valence-corrected chi connectivity index (χ0v) is 9.99. The molecule has 0 bridgehead atoms. The van der Waals surface area contributed by atoms with Gasteiger partial charge in [0.15, 0.2) is 0 Å². The quantitative estimate of drug-likeness (QED) is 0.710. The molecule has 0 aliphatic rings. The molecular formula is C13H10ClN3. The minimum Gasteiger partial charge on any atom is -0.337 e. The molecule has 0 aliphatic heterocycles. The van der Waals surface area contributed by atoms with Gasteiger partial charge < -0.3 is 4.98 Å². The highest BCUT2D eigenvalue weighted by Gasteiger charge is 2.09. The lowest BCUT2D eigenvalue weighted by atomic mass is 10.1. The molecule has 3 aromatic rings. The van der Waals surface area contributed by atoms with Gasteiger partial charge in [-0.25, -0.2) is 4.98 Å². The molecule has 2 aromatic heterocycles. The number of hydrogen-bond acceptors (Lipinski definition) is 2. The topological polar surface area (TPSA) is 41.6 Å². The van der Waals surface area contributed by atoms with Crippen molar-refractivity contribution in [3.05, 3.63) is 47.2 Å². The molecule has 84 valence electrons. The summed E-state index contributed by atoms with van der Waals surface area (Å²) in [7, 11) is 0. The van der Waals surface area contributed by atoms with Crippen LogP contribution in [0.15, 0.2) is 36.7 Å². The number of halogens is 1. The number of H-pyrrole nitrogens is 1. The lowest BCUT2D eigenvalue weighted by molar-refractivity contribution is 1.32. The molecule has 3 nitrogen and oxygen atoms in total. The van der Waals surface area contributed by atoms with Crippen LogP contribution in [-0.2, 0) is 0 Å². The molecule has 0 aliphatic carbocycles. The van der Waals surface area contributed by atoms with E-state index in [1.54, 1.807) is 12.4 Å². The standard InChI is InChI=1S/C13H10ClN3/c1-8-3-2-4-9(12(8)14)13-16-10-5-6-15-7-11(10)17-13/h2-7H,1H3,(H,16,17). The van der Waals surface area contributed by atoms with Crippen molar-refractivity contribution in [1.29, 1.82) is 0 Å². The van der Waals surface area contributed by atoms with E-state index in [1.807, 2.05) is 31.2 Å². The highest BCUT2D eigenvalue weighted by Crippen LogP contribution is 2.29. The number of aryl methyl sites for hydroxylation is 1. The van der Waals surface area contributed by atoms with Crippen molar-refractivity contribution in [2.24, 2.45) is 0 Å². The highest BCUT2D eigenvalue weighted by atomic mass is 35.5. The number of aromatic amines is 1. The number of nitrogens with zero attached hydrogens (tertiary/aromatic N) is 2. The number of pyridine rings is 1. The third-order valence-corrected chi connectivity index (χ3v) is 3.23. The van der Waals surface area contributed by atoms with E-state index in [4.69, 9.17) is 11.6 Å². The number of fused-ring (bicyclic) bond motifs is 1. The average molecular weight is 244 g/mol. The molecule has 1 N–H and O–H groups in total. The molecule has 0 amide bonds. The van der Waals surface area contributed by atoms with Gasteiger partial charge in [-0.3, -0.25) is 4.98 Å². The minimum atomic E-state index is 0.736. The summed E-state index contributed by atoms with van der Waals surface area (Å²) in [5.74, 6) is 0.779. The summed E-state index contributed by atoms with van der Waals surface area (Å²) >= 11 is 6.28. The van der Waals surface area contributed by atoms with Crippen molar-refractivity contribution < 1.29 is 0 Å². The van der Waals surface area contributed by atoms with Crippen LogP contribution in [-0.4, -0.2) is 15.0 Å². The van der Waals surface area contributed by atoms with Crippen LogP contribution in [0.1, 0.15) is 5.56 Å². The highest BCUT2D eigenvalue weighted by molar-refractivity contribution is 6.34. The van der Waals surface area contributed by atoms with Crippen molar-refractivity contribution in [3.8, 4) is 11.4 Å². The van der Waals surface area contributed by atoms with Gasteiger partial charge in [-0.15, -0.1) is 0 Å². The van der Waals surface area contributed by atoms with Crippen molar-refractivity contribution >= 4 is 22.6 Å². The first-order valence-electron chi connectivity index (χ1n) is 5.31. The van der Waals surface area contributed by atoms with Gasteiger partial charge in [0, 0.05) is 11.8 Å². The first-order valence-corrected chi connectivity index (χ1v) is 5.69. The van der Waals surface area contributed by atoms with E-state index < -0.39 is 0 Å². The second-order valence-electron chi connectivity index (χ2n) is 3.91. The number of nitrogens with one attached hydrogen (secondary N) is 1. The Morgan fingerprint density at radius 2 is 2.12 bits per heavy atom. The molecule has 0 spiro atoms. The van der Waals surface area contributed by atoms with E-state index in [0.717, 1.165) is 33.0 Å². The molecule has 4 heteroatoms. The number of benzene rings is 1. The monoisotopic (exact) mass is 243 g/mol. The fourth-order valence-corrected chi connectivity index (χ4v) is 2.03. The van der Waals surface area contributed by atoms with Gasteiger partial charge in [-0.05, 0) is 24.6 Å². The summed E-state index contributed by atoms with van der Waals surface area (Å²) in [4.78, 5) is 11.8. The summed E-state index contributed by atoms with van der Waals surface area (Å²) in [6.07, 6.45) is 3.49. The van der Waals surface area contributed by atoms with E-state index in [-0.39, 0.29) is 0 Å². The molecule has 0 atom stereocenters. The predicted octanol–water partition coefficient (Wildman–Crippen LogP) is 3.59. The van der Waals surface area contributed by atoms with E-state index in [9.17, 15) is 0 Å². The Labute approximate surface area is 103 Å². The molecule has 0 saturated carbocycles. The summed E-state index contributed by atoms with van der Waals surface area (Å²) in [6.45, 7) is 1.98. The Bertz CT molecular complexity index is 655. The van der Waals surface area contributed by atoms with Gasteiger partial charge in [-0.2, -0.15) is 0 Å².